The fourth-order valence-electron chi connectivity index (χ4n) is 1.58. The van der Waals surface area contributed by atoms with Crippen LogP contribution in [0.15, 0.2) is 22.7 Å². The lowest BCUT2D eigenvalue weighted by atomic mass is 10.2. The summed E-state index contributed by atoms with van der Waals surface area (Å²) in [6.45, 7) is 2.10. The van der Waals surface area contributed by atoms with Crippen molar-refractivity contribution in [1.29, 1.82) is 0 Å². The first-order chi connectivity index (χ1) is 8.56. The van der Waals surface area contributed by atoms with E-state index in [-0.39, 0.29) is 18.4 Å². The number of hydrogen-bond donors (Lipinski definition) is 1. The van der Waals surface area contributed by atoms with Gasteiger partial charge in [0.15, 0.2) is 0 Å². The average molecular weight is 329 g/mol. The molecule has 4 nitrogen and oxygen atoms in total. The maximum Gasteiger partial charge on any atom is 0.244 e. The van der Waals surface area contributed by atoms with Crippen LogP contribution in [-0.2, 0) is 9.59 Å². The Balaban J connectivity index is 1.94. The predicted octanol–water partition coefficient (Wildman–Crippen LogP) is 2.23. The molecule has 1 fully saturated rings. The van der Waals surface area contributed by atoms with Crippen LogP contribution in [0, 0.1) is 6.92 Å². The predicted molar refractivity (Wildman–Crippen MR) is 76.5 cm³/mol. The summed E-state index contributed by atoms with van der Waals surface area (Å²) in [4.78, 5) is 24.7. The van der Waals surface area contributed by atoms with Gasteiger partial charge in [-0.2, -0.15) is 0 Å². The Labute approximate surface area is 118 Å². The van der Waals surface area contributed by atoms with E-state index in [2.05, 4.69) is 21.2 Å². The number of aryl methyl sites for hydroxylation is 1. The fourth-order valence-corrected chi connectivity index (χ4v) is 2.87. The molecule has 1 aromatic carbocycles. The number of carbonyl (C=O) groups excluding carboxylic acids is 2. The Hall–Kier alpha value is -1.01. The van der Waals surface area contributed by atoms with Gasteiger partial charge in [0, 0.05) is 10.2 Å². The maximum atomic E-state index is 11.8. The molecule has 18 heavy (non-hydrogen) atoms. The van der Waals surface area contributed by atoms with Crippen molar-refractivity contribution < 1.29 is 9.59 Å². The summed E-state index contributed by atoms with van der Waals surface area (Å²) in [6.07, 6.45) is 0. The Morgan fingerprint density at radius 3 is 2.94 bits per heavy atom. The van der Waals surface area contributed by atoms with Gasteiger partial charge in [-0.15, -0.1) is 11.8 Å². The quantitative estimate of drug-likeness (QED) is 0.925. The number of carbonyl (C=O) groups is 2. The first kappa shape index (κ1) is 13.4. The lowest BCUT2D eigenvalue weighted by molar-refractivity contribution is -0.130. The molecule has 2 rings (SSSR count). The largest absolute Gasteiger partial charge is 0.325 e. The highest BCUT2D eigenvalue weighted by Crippen LogP contribution is 2.21. The molecule has 2 amide bonds. The van der Waals surface area contributed by atoms with Crippen molar-refractivity contribution in [3.05, 3.63) is 28.2 Å². The van der Waals surface area contributed by atoms with Crippen molar-refractivity contribution >= 4 is 45.2 Å². The van der Waals surface area contributed by atoms with E-state index >= 15 is 0 Å². The van der Waals surface area contributed by atoms with Crippen LogP contribution in [0.4, 0.5) is 5.69 Å². The van der Waals surface area contributed by atoms with Gasteiger partial charge in [-0.25, -0.2) is 0 Å². The number of thioether (sulfide) groups is 1. The van der Waals surface area contributed by atoms with Crippen LogP contribution in [0.2, 0.25) is 0 Å². The molecule has 1 saturated heterocycles. The van der Waals surface area contributed by atoms with Gasteiger partial charge >= 0.3 is 0 Å². The molecular formula is C12H13BrN2O2S. The summed E-state index contributed by atoms with van der Waals surface area (Å²) in [6, 6.07) is 5.63. The highest BCUT2D eigenvalue weighted by Gasteiger charge is 2.22. The monoisotopic (exact) mass is 328 g/mol. The van der Waals surface area contributed by atoms with Crippen LogP contribution in [0.3, 0.4) is 0 Å². The Morgan fingerprint density at radius 2 is 2.33 bits per heavy atom. The average Bonchev–Trinajstić information content (AvgIpc) is 2.70. The Kier molecular flexibility index (Phi) is 4.29. The van der Waals surface area contributed by atoms with E-state index in [1.807, 2.05) is 25.1 Å². The molecule has 0 unspecified atom stereocenters. The highest BCUT2D eigenvalue weighted by molar-refractivity contribution is 9.10. The van der Waals surface area contributed by atoms with Crippen molar-refractivity contribution in [1.82, 2.24) is 4.90 Å². The van der Waals surface area contributed by atoms with Gasteiger partial charge in [0.2, 0.25) is 11.8 Å². The fraction of sp³-hybridized carbons (Fsp3) is 0.333. The van der Waals surface area contributed by atoms with Crippen molar-refractivity contribution in [2.75, 3.05) is 23.5 Å². The minimum absolute atomic E-state index is 0.0280. The van der Waals surface area contributed by atoms with Crippen LogP contribution in [0.5, 0.6) is 0 Å². The molecule has 0 radical (unpaired) electrons. The topological polar surface area (TPSA) is 49.4 Å². The molecule has 1 aliphatic rings. The van der Waals surface area contributed by atoms with Gasteiger partial charge in [-0.3, -0.25) is 9.59 Å². The third kappa shape index (κ3) is 3.26. The van der Waals surface area contributed by atoms with Crippen molar-refractivity contribution in [3.63, 3.8) is 0 Å². The first-order valence-corrected chi connectivity index (χ1v) is 7.42. The van der Waals surface area contributed by atoms with E-state index in [1.54, 1.807) is 4.90 Å². The smallest absolute Gasteiger partial charge is 0.244 e. The zero-order valence-electron chi connectivity index (χ0n) is 9.90. The highest BCUT2D eigenvalue weighted by atomic mass is 79.9. The van der Waals surface area contributed by atoms with Crippen molar-refractivity contribution in [2.45, 2.75) is 6.92 Å². The molecule has 1 heterocycles. The van der Waals surface area contributed by atoms with Gasteiger partial charge in [0.1, 0.15) is 6.54 Å². The molecule has 0 bridgehead atoms. The number of amides is 2. The molecule has 0 saturated carbocycles. The van der Waals surface area contributed by atoms with Crippen LogP contribution in [0.25, 0.3) is 0 Å². The van der Waals surface area contributed by atoms with E-state index in [4.69, 9.17) is 0 Å². The lowest BCUT2D eigenvalue weighted by Crippen LogP contribution is -2.34. The SMILES string of the molecule is Cc1ccc(NC(=O)CN2CSCC2=O)cc1Br. The summed E-state index contributed by atoms with van der Waals surface area (Å²) < 4.78 is 0.952. The standard InChI is InChI=1S/C12H13BrN2O2S/c1-8-2-3-9(4-10(8)13)14-11(16)5-15-7-18-6-12(15)17/h2-4H,5-7H2,1H3,(H,14,16). The second kappa shape index (κ2) is 5.75. The molecule has 1 aliphatic heterocycles. The second-order valence-corrected chi connectivity index (χ2v) is 5.89. The zero-order valence-corrected chi connectivity index (χ0v) is 12.3. The minimum atomic E-state index is -0.165. The van der Waals surface area contributed by atoms with Crippen molar-refractivity contribution in [2.24, 2.45) is 0 Å². The van der Waals surface area contributed by atoms with E-state index in [1.165, 1.54) is 11.8 Å². The molecule has 0 aliphatic carbocycles. The molecular weight excluding hydrogens is 316 g/mol. The minimum Gasteiger partial charge on any atom is -0.325 e. The van der Waals surface area contributed by atoms with Gasteiger partial charge in [-0.1, -0.05) is 22.0 Å². The van der Waals surface area contributed by atoms with E-state index < -0.39 is 0 Å². The summed E-state index contributed by atoms with van der Waals surface area (Å²) >= 11 is 4.95. The summed E-state index contributed by atoms with van der Waals surface area (Å²) in [5.74, 6) is 0.939. The number of nitrogens with one attached hydrogen (secondary N) is 1. The summed E-state index contributed by atoms with van der Waals surface area (Å²) in [7, 11) is 0. The molecule has 6 heteroatoms. The number of anilines is 1. The molecule has 0 aromatic heterocycles. The van der Waals surface area contributed by atoms with Crippen LogP contribution in [0.1, 0.15) is 5.56 Å². The Bertz CT molecular complexity index is 493. The van der Waals surface area contributed by atoms with Crippen LogP contribution < -0.4 is 5.32 Å². The van der Waals surface area contributed by atoms with E-state index in [9.17, 15) is 9.59 Å². The lowest BCUT2D eigenvalue weighted by Gasteiger charge is -2.14. The van der Waals surface area contributed by atoms with E-state index in [0.29, 0.717) is 11.6 Å². The molecule has 96 valence electrons. The molecule has 1 aromatic rings. The van der Waals surface area contributed by atoms with Gasteiger partial charge in [0.05, 0.1) is 11.6 Å². The number of benzene rings is 1. The van der Waals surface area contributed by atoms with Gasteiger partial charge in [-0.05, 0) is 24.6 Å². The second-order valence-electron chi connectivity index (χ2n) is 4.08. The van der Waals surface area contributed by atoms with Crippen molar-refractivity contribution in [3.8, 4) is 0 Å². The maximum absolute atomic E-state index is 11.8. The number of rotatable bonds is 3. The number of nitrogens with zero attached hydrogens (tertiary/aromatic N) is 1. The van der Waals surface area contributed by atoms with Crippen LogP contribution >= 0.6 is 27.7 Å². The normalized spacial score (nSPS) is 15.0. The molecule has 0 atom stereocenters. The number of hydrogen-bond acceptors (Lipinski definition) is 3. The van der Waals surface area contributed by atoms with Gasteiger partial charge < -0.3 is 10.2 Å². The first-order valence-electron chi connectivity index (χ1n) is 5.48. The summed E-state index contributed by atoms with van der Waals surface area (Å²) in [5, 5.41) is 2.79. The molecule has 1 N–H and O–H groups in total. The zero-order chi connectivity index (χ0) is 13.1. The Morgan fingerprint density at radius 1 is 1.56 bits per heavy atom. The summed E-state index contributed by atoms with van der Waals surface area (Å²) in [5.41, 5.74) is 1.84. The van der Waals surface area contributed by atoms with E-state index in [0.717, 1.165) is 15.7 Å². The van der Waals surface area contributed by atoms with Gasteiger partial charge in [0.25, 0.3) is 0 Å². The molecule has 0 spiro atoms. The number of halogens is 1. The third-order valence-electron chi connectivity index (χ3n) is 2.62. The van der Waals surface area contributed by atoms with Crippen LogP contribution in [-0.4, -0.2) is 34.9 Å². The third-order valence-corrected chi connectivity index (χ3v) is 4.42.